The average Bonchev–Trinajstić information content (AvgIpc) is 2.81. The van der Waals surface area contributed by atoms with Crippen LogP contribution < -0.4 is 5.43 Å². The first-order valence-corrected chi connectivity index (χ1v) is 4.97. The quantitative estimate of drug-likeness (QED) is 0.798. The van der Waals surface area contributed by atoms with Crippen LogP contribution in [-0.2, 0) is 0 Å². The summed E-state index contributed by atoms with van der Waals surface area (Å²) in [6.07, 6.45) is 2.52. The van der Waals surface area contributed by atoms with Crippen molar-refractivity contribution in [2.45, 2.75) is 26.3 Å². The first kappa shape index (κ1) is 9.96. The van der Waals surface area contributed by atoms with Crippen molar-refractivity contribution >= 4 is 5.97 Å². The molecule has 4 heteroatoms. The summed E-state index contributed by atoms with van der Waals surface area (Å²) < 4.78 is 1.90. The molecule has 0 saturated heterocycles. The summed E-state index contributed by atoms with van der Waals surface area (Å²) in [7, 11) is 0. The van der Waals surface area contributed by atoms with Crippen LogP contribution in [0.4, 0.5) is 0 Å². The van der Waals surface area contributed by atoms with Gasteiger partial charge in [0.25, 0.3) is 0 Å². The molecule has 4 nitrogen and oxygen atoms in total. The molecule has 1 aliphatic carbocycles. The van der Waals surface area contributed by atoms with Crippen LogP contribution >= 0.6 is 0 Å². The smallest absolute Gasteiger partial charge is 0.341 e. The molecule has 0 bridgehead atoms. The largest absolute Gasteiger partial charge is 0.477 e. The number of aromatic carboxylic acids is 1. The van der Waals surface area contributed by atoms with Crippen molar-refractivity contribution in [2.75, 3.05) is 0 Å². The van der Waals surface area contributed by atoms with Gasteiger partial charge >= 0.3 is 5.97 Å². The number of pyridine rings is 1. The number of carboxylic acid groups (broad SMARTS) is 1. The minimum absolute atomic E-state index is 0.139. The fourth-order valence-electron chi connectivity index (χ4n) is 1.85. The maximum atomic E-state index is 11.4. The molecule has 1 aliphatic rings. The van der Waals surface area contributed by atoms with E-state index in [0.717, 1.165) is 12.1 Å². The Morgan fingerprint density at radius 3 is 2.67 bits per heavy atom. The first-order chi connectivity index (χ1) is 7.00. The lowest BCUT2D eigenvalue weighted by Crippen LogP contribution is -2.18. The Balaban J connectivity index is 2.52. The molecule has 0 spiro atoms. The molecule has 2 unspecified atom stereocenters. The second-order valence-corrected chi connectivity index (χ2v) is 4.19. The van der Waals surface area contributed by atoms with Crippen molar-refractivity contribution in [1.29, 1.82) is 0 Å². The van der Waals surface area contributed by atoms with E-state index in [-0.39, 0.29) is 5.56 Å². The zero-order valence-corrected chi connectivity index (χ0v) is 8.73. The van der Waals surface area contributed by atoms with Crippen molar-refractivity contribution in [3.05, 3.63) is 33.7 Å². The molecule has 1 aromatic heterocycles. The second-order valence-electron chi connectivity index (χ2n) is 4.19. The zero-order valence-electron chi connectivity index (χ0n) is 8.73. The van der Waals surface area contributed by atoms with Gasteiger partial charge in [0.05, 0.1) is 0 Å². The summed E-state index contributed by atoms with van der Waals surface area (Å²) in [5.74, 6) is -0.574. The number of rotatable bonds is 2. The highest BCUT2D eigenvalue weighted by Crippen LogP contribution is 2.43. The van der Waals surface area contributed by atoms with Gasteiger partial charge in [0, 0.05) is 24.0 Å². The number of aryl methyl sites for hydroxylation is 1. The number of carboxylic acids is 1. The van der Waals surface area contributed by atoms with Crippen LogP contribution in [0.1, 0.15) is 35.4 Å². The third kappa shape index (κ3) is 1.67. The third-order valence-electron chi connectivity index (χ3n) is 2.94. The Kier molecular flexibility index (Phi) is 2.14. The molecule has 0 radical (unpaired) electrons. The van der Waals surface area contributed by atoms with Crippen LogP contribution in [0, 0.1) is 12.8 Å². The van der Waals surface area contributed by atoms with Gasteiger partial charge in [0.15, 0.2) is 5.43 Å². The van der Waals surface area contributed by atoms with Crippen molar-refractivity contribution < 1.29 is 9.90 Å². The maximum absolute atomic E-state index is 11.4. The molecule has 1 N–H and O–H groups in total. The molecule has 0 aromatic carbocycles. The molecule has 1 fully saturated rings. The normalized spacial score (nSPS) is 23.9. The van der Waals surface area contributed by atoms with Crippen molar-refractivity contribution in [2.24, 2.45) is 5.92 Å². The van der Waals surface area contributed by atoms with E-state index >= 15 is 0 Å². The van der Waals surface area contributed by atoms with E-state index in [1.807, 2.05) is 11.5 Å². The Labute approximate surface area is 87.2 Å². The van der Waals surface area contributed by atoms with Crippen LogP contribution in [-0.4, -0.2) is 15.6 Å². The van der Waals surface area contributed by atoms with Gasteiger partial charge in [0.1, 0.15) is 5.56 Å². The highest BCUT2D eigenvalue weighted by molar-refractivity contribution is 5.87. The van der Waals surface area contributed by atoms with Crippen LogP contribution in [0.3, 0.4) is 0 Å². The van der Waals surface area contributed by atoms with E-state index in [1.54, 1.807) is 0 Å². The fraction of sp³-hybridized carbons (Fsp3) is 0.455. The SMILES string of the molecule is Cc1cc(=O)c(C(=O)O)cn1C1CC1C. The van der Waals surface area contributed by atoms with Gasteiger partial charge in [-0.15, -0.1) is 0 Å². The fourth-order valence-corrected chi connectivity index (χ4v) is 1.85. The van der Waals surface area contributed by atoms with E-state index in [2.05, 4.69) is 6.92 Å². The summed E-state index contributed by atoms with van der Waals surface area (Å²) in [5, 5.41) is 8.84. The van der Waals surface area contributed by atoms with E-state index in [0.29, 0.717) is 12.0 Å². The molecule has 15 heavy (non-hydrogen) atoms. The lowest BCUT2D eigenvalue weighted by molar-refractivity contribution is 0.0694. The topological polar surface area (TPSA) is 59.3 Å². The van der Waals surface area contributed by atoms with Gasteiger partial charge in [-0.2, -0.15) is 0 Å². The van der Waals surface area contributed by atoms with Gasteiger partial charge in [0.2, 0.25) is 0 Å². The Morgan fingerprint density at radius 2 is 2.20 bits per heavy atom. The summed E-state index contributed by atoms with van der Waals surface area (Å²) in [4.78, 5) is 22.2. The van der Waals surface area contributed by atoms with Crippen molar-refractivity contribution in [1.82, 2.24) is 4.57 Å². The first-order valence-electron chi connectivity index (χ1n) is 4.97. The predicted molar refractivity (Wildman–Crippen MR) is 55.2 cm³/mol. The Morgan fingerprint density at radius 1 is 1.60 bits per heavy atom. The molecule has 2 atom stereocenters. The number of hydrogen-bond donors (Lipinski definition) is 1. The number of carbonyl (C=O) groups is 1. The van der Waals surface area contributed by atoms with E-state index in [4.69, 9.17) is 5.11 Å². The van der Waals surface area contributed by atoms with Gasteiger partial charge in [-0.1, -0.05) is 6.92 Å². The molecule has 1 saturated carbocycles. The van der Waals surface area contributed by atoms with Crippen molar-refractivity contribution in [3.63, 3.8) is 0 Å². The van der Waals surface area contributed by atoms with Crippen LogP contribution in [0.25, 0.3) is 0 Å². The summed E-state index contributed by atoms with van der Waals surface area (Å²) in [6.45, 7) is 3.95. The number of aromatic nitrogens is 1. The maximum Gasteiger partial charge on any atom is 0.341 e. The predicted octanol–water partition coefficient (Wildman–Crippen LogP) is 1.44. The van der Waals surface area contributed by atoms with Crippen LogP contribution in [0.15, 0.2) is 17.1 Å². The number of nitrogens with zero attached hydrogens (tertiary/aromatic N) is 1. The second kappa shape index (κ2) is 3.22. The molecule has 1 heterocycles. The third-order valence-corrected chi connectivity index (χ3v) is 2.94. The molecule has 2 rings (SSSR count). The van der Waals surface area contributed by atoms with Crippen molar-refractivity contribution in [3.8, 4) is 0 Å². The van der Waals surface area contributed by atoms with Gasteiger partial charge in [-0.25, -0.2) is 4.79 Å². The summed E-state index contributed by atoms with van der Waals surface area (Å²) in [6, 6.07) is 1.76. The molecular weight excluding hydrogens is 194 g/mol. The van der Waals surface area contributed by atoms with Gasteiger partial charge in [-0.05, 0) is 19.3 Å². The molecule has 1 aromatic rings. The Hall–Kier alpha value is -1.58. The van der Waals surface area contributed by atoms with Gasteiger partial charge < -0.3 is 9.67 Å². The lowest BCUT2D eigenvalue weighted by Gasteiger charge is -2.10. The Bertz CT molecular complexity index is 475. The highest BCUT2D eigenvalue weighted by atomic mass is 16.4. The summed E-state index contributed by atoms with van der Waals surface area (Å²) >= 11 is 0. The molecule has 80 valence electrons. The molecule has 0 aliphatic heterocycles. The zero-order chi connectivity index (χ0) is 11.2. The van der Waals surface area contributed by atoms with E-state index in [9.17, 15) is 9.59 Å². The lowest BCUT2D eigenvalue weighted by atomic mass is 10.2. The highest BCUT2D eigenvalue weighted by Gasteiger charge is 2.34. The van der Waals surface area contributed by atoms with E-state index in [1.165, 1.54) is 12.3 Å². The minimum Gasteiger partial charge on any atom is -0.477 e. The minimum atomic E-state index is -1.15. The summed E-state index contributed by atoms with van der Waals surface area (Å²) in [5.41, 5.74) is 0.281. The number of hydrogen-bond acceptors (Lipinski definition) is 2. The van der Waals surface area contributed by atoms with E-state index < -0.39 is 11.4 Å². The molecule has 0 amide bonds. The van der Waals surface area contributed by atoms with Gasteiger partial charge in [-0.3, -0.25) is 4.79 Å². The molecular formula is C11H13NO3. The van der Waals surface area contributed by atoms with Crippen LogP contribution in [0.2, 0.25) is 0 Å². The average molecular weight is 207 g/mol. The van der Waals surface area contributed by atoms with Crippen LogP contribution in [0.5, 0.6) is 0 Å². The standard InChI is InChI=1S/C11H13NO3/c1-6-3-9(6)12-5-8(11(14)15)10(13)4-7(12)2/h4-6,9H,3H2,1-2H3,(H,14,15). The monoisotopic (exact) mass is 207 g/mol.